The Kier molecular flexibility index (Phi) is 1.27. The first-order valence-corrected chi connectivity index (χ1v) is 3.58. The van der Waals surface area contributed by atoms with E-state index in [9.17, 15) is 4.79 Å². The number of hydrogen-bond donors (Lipinski definition) is 1. The van der Waals surface area contributed by atoms with Gasteiger partial charge in [-0.05, 0) is 0 Å². The highest BCUT2D eigenvalue weighted by molar-refractivity contribution is 5.73. The van der Waals surface area contributed by atoms with Crippen LogP contribution in [-0.4, -0.2) is 15.8 Å². The van der Waals surface area contributed by atoms with E-state index < -0.39 is 0 Å². The lowest BCUT2D eigenvalue weighted by Crippen LogP contribution is -2.23. The number of aliphatic imine (C=N–C) groups is 1. The minimum atomic E-state index is -0.102. The summed E-state index contributed by atoms with van der Waals surface area (Å²) in [5, 5.41) is 0. The normalized spacial score (nSPS) is 13.4. The van der Waals surface area contributed by atoms with Gasteiger partial charge >= 0.3 is 0 Å². The molecule has 1 aromatic rings. The molecule has 0 saturated heterocycles. The van der Waals surface area contributed by atoms with Gasteiger partial charge < -0.3 is 5.73 Å². The maximum Gasteiger partial charge on any atom is 0.260 e. The van der Waals surface area contributed by atoms with Gasteiger partial charge in [0.2, 0.25) is 5.95 Å². The van der Waals surface area contributed by atoms with Gasteiger partial charge in [-0.15, -0.1) is 0 Å². The van der Waals surface area contributed by atoms with E-state index in [1.54, 1.807) is 13.3 Å². The van der Waals surface area contributed by atoms with Gasteiger partial charge in [-0.2, -0.15) is 4.98 Å². The monoisotopic (exact) mass is 164 g/mol. The molecule has 0 amide bonds. The fourth-order valence-corrected chi connectivity index (χ4v) is 1.16. The summed E-state index contributed by atoms with van der Waals surface area (Å²) in [5.41, 5.74) is 6.00. The Morgan fingerprint density at radius 2 is 2.42 bits per heavy atom. The van der Waals surface area contributed by atoms with Crippen LogP contribution >= 0.6 is 0 Å². The Hall–Kier alpha value is -1.65. The lowest BCUT2D eigenvalue weighted by molar-refractivity contribution is 0.831. The molecular formula is C7H8N4O. The van der Waals surface area contributed by atoms with Crippen molar-refractivity contribution in [1.29, 1.82) is 0 Å². The predicted molar refractivity (Wildman–Crippen MR) is 45.7 cm³/mol. The van der Waals surface area contributed by atoms with E-state index in [0.717, 1.165) is 0 Å². The molecule has 0 atom stereocenters. The molecule has 2 N–H and O–H groups in total. The molecule has 0 spiro atoms. The first kappa shape index (κ1) is 7.02. The molecule has 0 saturated carbocycles. The van der Waals surface area contributed by atoms with Crippen molar-refractivity contribution < 1.29 is 0 Å². The van der Waals surface area contributed by atoms with Gasteiger partial charge in [-0.1, -0.05) is 0 Å². The Bertz CT molecular complexity index is 418. The number of fused-ring (bicyclic) bond motifs is 1. The van der Waals surface area contributed by atoms with Gasteiger partial charge in [-0.3, -0.25) is 9.36 Å². The molecule has 0 aromatic carbocycles. The predicted octanol–water partition coefficient (Wildman–Crippen LogP) is -0.379. The zero-order valence-electron chi connectivity index (χ0n) is 6.61. The van der Waals surface area contributed by atoms with Crippen LogP contribution < -0.4 is 11.3 Å². The van der Waals surface area contributed by atoms with Crippen molar-refractivity contribution in [1.82, 2.24) is 9.55 Å². The van der Waals surface area contributed by atoms with Crippen LogP contribution in [-0.2, 0) is 13.5 Å². The maximum absolute atomic E-state index is 11.4. The van der Waals surface area contributed by atoms with Gasteiger partial charge in [-0.25, -0.2) is 4.99 Å². The van der Waals surface area contributed by atoms with Crippen molar-refractivity contribution in [2.24, 2.45) is 12.0 Å². The molecule has 1 aliphatic rings. The second kappa shape index (κ2) is 2.17. The number of hydrogen-bond acceptors (Lipinski definition) is 4. The van der Waals surface area contributed by atoms with Gasteiger partial charge in [0, 0.05) is 19.7 Å². The number of aromatic nitrogens is 2. The molecule has 2 heterocycles. The Morgan fingerprint density at radius 3 is 3.17 bits per heavy atom. The van der Waals surface area contributed by atoms with Crippen molar-refractivity contribution in [2.45, 2.75) is 6.42 Å². The summed E-state index contributed by atoms with van der Waals surface area (Å²) < 4.78 is 1.33. The van der Waals surface area contributed by atoms with Crippen LogP contribution in [0.4, 0.5) is 11.8 Å². The Balaban J connectivity index is 2.81. The quantitative estimate of drug-likeness (QED) is 0.568. The van der Waals surface area contributed by atoms with E-state index in [-0.39, 0.29) is 11.5 Å². The zero-order valence-corrected chi connectivity index (χ0v) is 6.61. The molecule has 62 valence electrons. The summed E-state index contributed by atoms with van der Waals surface area (Å²) in [5.74, 6) is 0.674. The van der Waals surface area contributed by atoms with Gasteiger partial charge in [0.1, 0.15) is 0 Å². The summed E-state index contributed by atoms with van der Waals surface area (Å²) >= 11 is 0. The van der Waals surface area contributed by atoms with Crippen molar-refractivity contribution in [3.05, 3.63) is 15.9 Å². The van der Waals surface area contributed by atoms with Crippen LogP contribution in [0.5, 0.6) is 0 Å². The third-order valence-electron chi connectivity index (χ3n) is 1.91. The van der Waals surface area contributed by atoms with E-state index in [2.05, 4.69) is 9.98 Å². The van der Waals surface area contributed by atoms with Crippen LogP contribution in [0.25, 0.3) is 0 Å². The standard InChI is InChI=1S/C7H8N4O/c1-11-6(12)4-2-3-9-5(4)10-7(11)8/h3H,2H2,1H3,(H2,8,10). The number of rotatable bonds is 0. The molecule has 0 radical (unpaired) electrons. The number of nitrogen functional groups attached to an aromatic ring is 1. The van der Waals surface area contributed by atoms with E-state index in [1.807, 2.05) is 0 Å². The highest BCUT2D eigenvalue weighted by Crippen LogP contribution is 2.17. The summed E-state index contributed by atoms with van der Waals surface area (Å²) in [6.07, 6.45) is 2.23. The van der Waals surface area contributed by atoms with Crippen molar-refractivity contribution in [2.75, 3.05) is 5.73 Å². The molecule has 5 nitrogen and oxygen atoms in total. The molecule has 0 fully saturated rings. The van der Waals surface area contributed by atoms with Crippen LogP contribution in [0, 0.1) is 0 Å². The van der Waals surface area contributed by atoms with E-state index in [1.165, 1.54) is 4.57 Å². The maximum atomic E-state index is 11.4. The first-order valence-electron chi connectivity index (χ1n) is 3.58. The minimum absolute atomic E-state index is 0.102. The Morgan fingerprint density at radius 1 is 1.67 bits per heavy atom. The SMILES string of the molecule is Cn1c(N)nc2c(c1=O)CC=N2. The van der Waals surface area contributed by atoms with Crippen LogP contribution in [0.3, 0.4) is 0 Å². The summed E-state index contributed by atoms with van der Waals surface area (Å²) in [4.78, 5) is 19.3. The topological polar surface area (TPSA) is 73.3 Å². The molecule has 5 heteroatoms. The fourth-order valence-electron chi connectivity index (χ4n) is 1.16. The second-order valence-electron chi connectivity index (χ2n) is 2.65. The summed E-state index contributed by atoms with van der Waals surface area (Å²) in [6.45, 7) is 0. The van der Waals surface area contributed by atoms with Crippen molar-refractivity contribution in [3.63, 3.8) is 0 Å². The van der Waals surface area contributed by atoms with Gasteiger partial charge in [0.25, 0.3) is 5.56 Å². The van der Waals surface area contributed by atoms with Crippen LogP contribution in [0.2, 0.25) is 0 Å². The van der Waals surface area contributed by atoms with E-state index >= 15 is 0 Å². The molecule has 0 unspecified atom stereocenters. The van der Waals surface area contributed by atoms with Crippen molar-refractivity contribution >= 4 is 18.0 Å². The minimum Gasteiger partial charge on any atom is -0.369 e. The van der Waals surface area contributed by atoms with Crippen molar-refractivity contribution in [3.8, 4) is 0 Å². The van der Waals surface area contributed by atoms with Crippen LogP contribution in [0.1, 0.15) is 5.56 Å². The van der Waals surface area contributed by atoms with Crippen LogP contribution in [0.15, 0.2) is 9.79 Å². The molecule has 12 heavy (non-hydrogen) atoms. The number of anilines is 1. The van der Waals surface area contributed by atoms with E-state index in [0.29, 0.717) is 17.8 Å². The molecule has 1 aromatic heterocycles. The van der Waals surface area contributed by atoms with Gasteiger partial charge in [0.05, 0.1) is 5.56 Å². The number of nitrogens with two attached hydrogens (primary N) is 1. The third-order valence-corrected chi connectivity index (χ3v) is 1.91. The summed E-state index contributed by atoms with van der Waals surface area (Å²) in [7, 11) is 1.60. The largest absolute Gasteiger partial charge is 0.369 e. The van der Waals surface area contributed by atoms with E-state index in [4.69, 9.17) is 5.73 Å². The second-order valence-corrected chi connectivity index (χ2v) is 2.65. The first-order chi connectivity index (χ1) is 5.70. The highest BCUT2D eigenvalue weighted by Gasteiger charge is 2.14. The third kappa shape index (κ3) is 0.761. The molecule has 1 aliphatic heterocycles. The number of nitrogens with zero attached hydrogens (tertiary/aromatic N) is 3. The Labute approximate surface area is 68.6 Å². The average molecular weight is 164 g/mol. The lowest BCUT2D eigenvalue weighted by Gasteiger charge is -2.03. The highest BCUT2D eigenvalue weighted by atomic mass is 16.1. The zero-order chi connectivity index (χ0) is 8.72. The lowest BCUT2D eigenvalue weighted by atomic mass is 10.2. The fraction of sp³-hybridized carbons (Fsp3) is 0.286. The molecule has 2 rings (SSSR count). The molecular weight excluding hydrogens is 156 g/mol. The average Bonchev–Trinajstić information content (AvgIpc) is 2.48. The molecule has 0 aliphatic carbocycles. The van der Waals surface area contributed by atoms with Gasteiger partial charge in [0.15, 0.2) is 5.82 Å². The smallest absolute Gasteiger partial charge is 0.260 e. The summed E-state index contributed by atoms with van der Waals surface area (Å²) in [6, 6.07) is 0. The molecule has 0 bridgehead atoms.